The van der Waals surface area contributed by atoms with Gasteiger partial charge in [0, 0.05) is 19.6 Å². The maximum atomic E-state index is 13.0. The van der Waals surface area contributed by atoms with Crippen LogP contribution in [0.15, 0.2) is 12.7 Å². The van der Waals surface area contributed by atoms with E-state index in [0.717, 1.165) is 25.7 Å². The zero-order chi connectivity index (χ0) is 20.8. The SMILES string of the molecule is C=C[C@H]1CC[C@H]2[C@@H]3CC[C@H]4C[C@H](OCOC)[C@@H](OC)C[C@]4(C)[C@H]3CC[C@]12C(C)=O. The van der Waals surface area contributed by atoms with Crippen molar-refractivity contribution in [2.24, 2.45) is 40.4 Å². The van der Waals surface area contributed by atoms with Crippen molar-refractivity contribution in [1.29, 1.82) is 0 Å². The van der Waals surface area contributed by atoms with E-state index in [4.69, 9.17) is 14.2 Å². The van der Waals surface area contributed by atoms with Crippen molar-refractivity contribution in [3.63, 3.8) is 0 Å². The number of Topliss-reactive ketones (excluding diaryl/α,β-unsaturated/α-hetero) is 1. The highest BCUT2D eigenvalue weighted by Gasteiger charge is 2.63. The van der Waals surface area contributed by atoms with Gasteiger partial charge in [-0.2, -0.15) is 0 Å². The minimum atomic E-state index is -0.133. The van der Waals surface area contributed by atoms with Crippen molar-refractivity contribution >= 4 is 5.78 Å². The van der Waals surface area contributed by atoms with Crippen LogP contribution in [-0.2, 0) is 19.0 Å². The lowest BCUT2D eigenvalue weighted by Gasteiger charge is -2.62. The van der Waals surface area contributed by atoms with Crippen LogP contribution in [0.3, 0.4) is 0 Å². The number of carbonyl (C=O) groups excluding carboxylic acids is 1. The molecule has 0 bridgehead atoms. The molecule has 4 aliphatic rings. The molecule has 4 fully saturated rings. The van der Waals surface area contributed by atoms with Crippen molar-refractivity contribution < 1.29 is 19.0 Å². The number of hydrogen-bond donors (Lipinski definition) is 0. The summed E-state index contributed by atoms with van der Waals surface area (Å²) in [7, 11) is 3.51. The van der Waals surface area contributed by atoms with E-state index in [1.807, 2.05) is 14.0 Å². The van der Waals surface area contributed by atoms with E-state index in [9.17, 15) is 4.79 Å². The second kappa shape index (κ2) is 8.09. The van der Waals surface area contributed by atoms with Gasteiger partial charge in [0.05, 0.1) is 12.2 Å². The van der Waals surface area contributed by atoms with E-state index in [0.29, 0.717) is 42.2 Å². The number of carbonyl (C=O) groups is 1. The van der Waals surface area contributed by atoms with Crippen molar-refractivity contribution in [2.75, 3.05) is 21.0 Å². The van der Waals surface area contributed by atoms with E-state index in [1.54, 1.807) is 7.11 Å². The molecular formula is C25H40O4. The fourth-order valence-electron chi connectivity index (χ4n) is 8.55. The topological polar surface area (TPSA) is 44.8 Å². The Morgan fingerprint density at radius 2 is 1.90 bits per heavy atom. The summed E-state index contributed by atoms with van der Waals surface area (Å²) >= 11 is 0. The molecule has 4 aliphatic carbocycles. The normalized spacial score (nSPS) is 49.0. The highest BCUT2D eigenvalue weighted by Crippen LogP contribution is 2.68. The highest BCUT2D eigenvalue weighted by molar-refractivity contribution is 5.84. The molecule has 0 aromatic rings. The minimum absolute atomic E-state index is 0.131. The van der Waals surface area contributed by atoms with E-state index < -0.39 is 0 Å². The summed E-state index contributed by atoms with van der Waals surface area (Å²) < 4.78 is 17.1. The van der Waals surface area contributed by atoms with Gasteiger partial charge >= 0.3 is 0 Å². The minimum Gasteiger partial charge on any atom is -0.379 e. The molecule has 0 aromatic carbocycles. The van der Waals surface area contributed by atoms with Crippen LogP contribution in [0.4, 0.5) is 0 Å². The predicted octanol–water partition coefficient (Wildman–Crippen LogP) is 5.01. The summed E-state index contributed by atoms with van der Waals surface area (Å²) in [5, 5.41) is 0. The van der Waals surface area contributed by atoms with Gasteiger partial charge < -0.3 is 14.2 Å². The lowest BCUT2D eigenvalue weighted by molar-refractivity contribution is -0.196. The van der Waals surface area contributed by atoms with E-state index in [2.05, 4.69) is 19.6 Å². The lowest BCUT2D eigenvalue weighted by Crippen LogP contribution is -2.58. The molecule has 0 saturated heterocycles. The lowest BCUT2D eigenvalue weighted by atomic mass is 9.43. The van der Waals surface area contributed by atoms with Crippen molar-refractivity contribution in [3.8, 4) is 0 Å². The second-order valence-corrected chi connectivity index (χ2v) is 10.5. The van der Waals surface area contributed by atoms with Crippen LogP contribution >= 0.6 is 0 Å². The molecule has 0 N–H and O–H groups in total. The fraction of sp³-hybridized carbons (Fsp3) is 0.880. The molecular weight excluding hydrogens is 364 g/mol. The number of ketones is 1. The van der Waals surface area contributed by atoms with Gasteiger partial charge in [-0.3, -0.25) is 4.79 Å². The van der Waals surface area contributed by atoms with Crippen LogP contribution in [0.1, 0.15) is 65.2 Å². The Morgan fingerprint density at radius 1 is 1.10 bits per heavy atom. The van der Waals surface area contributed by atoms with Gasteiger partial charge in [-0.15, -0.1) is 6.58 Å². The largest absolute Gasteiger partial charge is 0.379 e. The van der Waals surface area contributed by atoms with Crippen LogP contribution in [0.2, 0.25) is 0 Å². The fourth-order valence-corrected chi connectivity index (χ4v) is 8.55. The molecule has 164 valence electrons. The van der Waals surface area contributed by atoms with Crippen molar-refractivity contribution in [1.82, 2.24) is 0 Å². The first-order valence-electron chi connectivity index (χ1n) is 11.7. The van der Waals surface area contributed by atoms with Gasteiger partial charge in [-0.25, -0.2) is 0 Å². The zero-order valence-corrected chi connectivity index (χ0v) is 18.8. The molecule has 29 heavy (non-hydrogen) atoms. The highest BCUT2D eigenvalue weighted by atomic mass is 16.7. The monoisotopic (exact) mass is 404 g/mol. The van der Waals surface area contributed by atoms with Gasteiger partial charge in [0.15, 0.2) is 0 Å². The number of fused-ring (bicyclic) bond motifs is 5. The average molecular weight is 405 g/mol. The third-order valence-electron chi connectivity index (χ3n) is 9.86. The summed E-state index contributed by atoms with van der Waals surface area (Å²) in [5.41, 5.74) is 0.150. The van der Waals surface area contributed by atoms with Crippen molar-refractivity contribution in [3.05, 3.63) is 12.7 Å². The average Bonchev–Trinajstić information content (AvgIpc) is 3.11. The molecule has 9 atom stereocenters. The first-order valence-corrected chi connectivity index (χ1v) is 11.7. The van der Waals surface area contributed by atoms with Gasteiger partial charge in [0.1, 0.15) is 12.6 Å². The van der Waals surface area contributed by atoms with Crippen LogP contribution in [0.25, 0.3) is 0 Å². The molecule has 0 amide bonds. The maximum Gasteiger partial charge on any atom is 0.146 e. The first-order chi connectivity index (χ1) is 13.9. The third kappa shape index (κ3) is 3.16. The van der Waals surface area contributed by atoms with E-state index in [-0.39, 0.29) is 23.0 Å². The smallest absolute Gasteiger partial charge is 0.146 e. The van der Waals surface area contributed by atoms with Crippen LogP contribution in [0.5, 0.6) is 0 Å². The molecule has 0 aliphatic heterocycles. The van der Waals surface area contributed by atoms with Crippen LogP contribution in [0, 0.1) is 40.4 Å². The van der Waals surface area contributed by atoms with E-state index >= 15 is 0 Å². The molecule has 4 nitrogen and oxygen atoms in total. The Bertz CT molecular complexity index is 632. The number of ether oxygens (including phenoxy) is 3. The molecule has 0 radical (unpaired) electrons. The van der Waals surface area contributed by atoms with Gasteiger partial charge in [0.25, 0.3) is 0 Å². The molecule has 4 saturated carbocycles. The number of rotatable bonds is 6. The Kier molecular flexibility index (Phi) is 6.00. The molecule has 4 heteroatoms. The summed E-state index contributed by atoms with van der Waals surface area (Å²) in [6, 6.07) is 0. The zero-order valence-electron chi connectivity index (χ0n) is 18.8. The number of hydrogen-bond acceptors (Lipinski definition) is 4. The van der Waals surface area contributed by atoms with Crippen LogP contribution < -0.4 is 0 Å². The van der Waals surface area contributed by atoms with Gasteiger partial charge in [-0.1, -0.05) is 13.0 Å². The summed E-state index contributed by atoms with van der Waals surface area (Å²) in [5.74, 6) is 3.39. The quantitative estimate of drug-likeness (QED) is 0.461. The predicted molar refractivity (Wildman–Crippen MR) is 113 cm³/mol. The second-order valence-electron chi connectivity index (χ2n) is 10.5. The molecule has 0 unspecified atom stereocenters. The Labute approximate surface area is 176 Å². The Balaban J connectivity index is 1.60. The molecule has 0 heterocycles. The van der Waals surface area contributed by atoms with Crippen molar-refractivity contribution in [2.45, 2.75) is 77.4 Å². The molecule has 4 rings (SSSR count). The number of methoxy groups -OCH3 is 2. The summed E-state index contributed by atoms with van der Waals surface area (Å²) in [6.45, 7) is 8.82. The van der Waals surface area contributed by atoms with Crippen LogP contribution in [-0.4, -0.2) is 39.0 Å². The molecule has 0 aromatic heterocycles. The summed E-state index contributed by atoms with van der Waals surface area (Å²) in [6.07, 6.45) is 11.6. The number of allylic oxidation sites excluding steroid dienone is 1. The van der Waals surface area contributed by atoms with Gasteiger partial charge in [-0.05, 0) is 93.3 Å². The van der Waals surface area contributed by atoms with Gasteiger partial charge in [0.2, 0.25) is 0 Å². The third-order valence-corrected chi connectivity index (χ3v) is 9.86. The van der Waals surface area contributed by atoms with E-state index in [1.165, 1.54) is 25.7 Å². The Hall–Kier alpha value is -0.710. The maximum absolute atomic E-state index is 13.0. The summed E-state index contributed by atoms with van der Waals surface area (Å²) in [4.78, 5) is 13.0. The standard InChI is InChI=1S/C25H40O4/c1-6-17-8-10-21-19-9-7-18-13-22(29-15-27-4)23(28-5)14-24(18,3)20(19)11-12-25(17,21)16(2)26/h6,17-23H,1,7-15H2,2-5H3/t17-,18-,19+,20-,21-,22-,23-,24-,25-/m0/s1. The molecule has 0 spiro atoms. The first kappa shape index (κ1) is 21.5. The Morgan fingerprint density at radius 3 is 2.55 bits per heavy atom.